The van der Waals surface area contributed by atoms with Gasteiger partial charge in [-0.05, 0) is 19.3 Å². The molecule has 1 saturated carbocycles. The quantitative estimate of drug-likeness (QED) is 0.767. The summed E-state index contributed by atoms with van der Waals surface area (Å²) in [4.78, 5) is 14.2. The fourth-order valence-corrected chi connectivity index (χ4v) is 5.75. The fraction of sp³-hybridized carbons (Fsp3) is 0.727. The Balaban J connectivity index is 1.62. The minimum Gasteiger partial charge on any atom is -0.374 e. The topological polar surface area (TPSA) is 106 Å². The van der Waals surface area contributed by atoms with Crippen molar-refractivity contribution in [2.45, 2.75) is 35.7 Å². The average Bonchev–Trinajstić information content (AvgIpc) is 3.05. The predicted octanol–water partition coefficient (Wildman–Crippen LogP) is 0.390. The maximum absolute atomic E-state index is 12.4. The zero-order chi connectivity index (χ0) is 15.0. The van der Waals surface area contributed by atoms with Gasteiger partial charge in [0.2, 0.25) is 11.0 Å². The molecule has 0 aromatic carbocycles. The van der Waals surface area contributed by atoms with Crippen molar-refractivity contribution in [2.24, 2.45) is 0 Å². The molecule has 1 aromatic heterocycles. The average molecular weight is 348 g/mol. The predicted molar refractivity (Wildman–Crippen MR) is 82.0 cm³/mol. The molecule has 2 aliphatic rings. The van der Waals surface area contributed by atoms with Gasteiger partial charge in [-0.2, -0.15) is 0 Å². The van der Waals surface area contributed by atoms with Crippen LogP contribution in [-0.4, -0.2) is 58.8 Å². The molecule has 2 fully saturated rings. The first-order valence-corrected chi connectivity index (χ1v) is 10.3. The number of carbonyl (C=O) groups excluding carboxylic acids is 1. The normalized spacial score (nSPS) is 24.1. The Bertz CT molecular complexity index is 641. The zero-order valence-corrected chi connectivity index (χ0v) is 13.7. The second-order valence-electron chi connectivity index (χ2n) is 5.28. The summed E-state index contributed by atoms with van der Waals surface area (Å²) in [6.45, 7) is 0. The van der Waals surface area contributed by atoms with Crippen LogP contribution in [0.1, 0.15) is 19.3 Å². The molecule has 7 nitrogen and oxygen atoms in total. The summed E-state index contributed by atoms with van der Waals surface area (Å²) in [6.07, 6.45) is 2.50. The summed E-state index contributed by atoms with van der Waals surface area (Å²) in [5.74, 6) is 0.528. The van der Waals surface area contributed by atoms with Crippen LogP contribution in [0.5, 0.6) is 0 Å². The van der Waals surface area contributed by atoms with Crippen LogP contribution in [0.4, 0.5) is 5.13 Å². The van der Waals surface area contributed by atoms with E-state index in [2.05, 4.69) is 10.2 Å². The van der Waals surface area contributed by atoms with Gasteiger partial charge >= 0.3 is 0 Å². The number of carbonyl (C=O) groups is 1. The van der Waals surface area contributed by atoms with E-state index in [-0.39, 0.29) is 35.2 Å². The van der Waals surface area contributed by atoms with Gasteiger partial charge in [0.15, 0.2) is 14.2 Å². The third-order valence-corrected chi connectivity index (χ3v) is 7.19. The van der Waals surface area contributed by atoms with Crippen molar-refractivity contribution in [2.75, 3.05) is 23.0 Å². The van der Waals surface area contributed by atoms with Gasteiger partial charge in [0.1, 0.15) is 0 Å². The summed E-state index contributed by atoms with van der Waals surface area (Å²) in [6, 6.07) is 0.0611. The van der Waals surface area contributed by atoms with Crippen LogP contribution in [0.2, 0.25) is 0 Å². The molecule has 1 amide bonds. The first kappa shape index (κ1) is 15.0. The number of nitrogens with zero attached hydrogens (tertiary/aromatic N) is 3. The Kier molecular flexibility index (Phi) is 4.10. The molecule has 1 atom stereocenters. The van der Waals surface area contributed by atoms with E-state index in [0.29, 0.717) is 15.9 Å². The second-order valence-corrected chi connectivity index (χ2v) is 9.74. The molecule has 2 heterocycles. The van der Waals surface area contributed by atoms with Crippen LogP contribution >= 0.6 is 23.1 Å². The molecule has 1 saturated heterocycles. The number of hydrogen-bond donors (Lipinski definition) is 1. The first-order chi connectivity index (χ1) is 9.94. The van der Waals surface area contributed by atoms with Gasteiger partial charge in [0.25, 0.3) is 0 Å². The number of nitrogen functional groups attached to an aromatic ring is 1. The van der Waals surface area contributed by atoms with Crippen molar-refractivity contribution >= 4 is 44.0 Å². The Labute approximate surface area is 131 Å². The molecule has 10 heteroatoms. The van der Waals surface area contributed by atoms with Gasteiger partial charge in [-0.15, -0.1) is 10.2 Å². The molecule has 0 unspecified atom stereocenters. The minimum atomic E-state index is -2.98. The Morgan fingerprint density at radius 2 is 2.10 bits per heavy atom. The van der Waals surface area contributed by atoms with Gasteiger partial charge in [0, 0.05) is 12.1 Å². The van der Waals surface area contributed by atoms with Crippen LogP contribution in [0.25, 0.3) is 0 Å². The van der Waals surface area contributed by atoms with Crippen LogP contribution in [0, 0.1) is 0 Å². The zero-order valence-electron chi connectivity index (χ0n) is 11.3. The van der Waals surface area contributed by atoms with Gasteiger partial charge in [-0.3, -0.25) is 4.79 Å². The lowest BCUT2D eigenvalue weighted by Crippen LogP contribution is -2.43. The minimum absolute atomic E-state index is 0.0154. The van der Waals surface area contributed by atoms with Crippen molar-refractivity contribution in [3.05, 3.63) is 0 Å². The number of hydrogen-bond acceptors (Lipinski definition) is 8. The smallest absolute Gasteiger partial charge is 0.233 e. The van der Waals surface area contributed by atoms with Crippen LogP contribution in [-0.2, 0) is 14.6 Å². The molecule has 1 aliphatic heterocycles. The lowest BCUT2D eigenvalue weighted by Gasteiger charge is -2.28. The number of rotatable bonds is 5. The maximum Gasteiger partial charge on any atom is 0.233 e. The second kappa shape index (κ2) is 5.73. The maximum atomic E-state index is 12.4. The summed E-state index contributed by atoms with van der Waals surface area (Å²) in [5.41, 5.74) is 5.50. The number of aromatic nitrogens is 2. The van der Waals surface area contributed by atoms with Gasteiger partial charge in [-0.25, -0.2) is 8.42 Å². The molecule has 3 rings (SSSR count). The Morgan fingerprint density at radius 3 is 2.62 bits per heavy atom. The van der Waals surface area contributed by atoms with Gasteiger partial charge in [0.05, 0.1) is 17.3 Å². The molecule has 21 heavy (non-hydrogen) atoms. The van der Waals surface area contributed by atoms with E-state index in [9.17, 15) is 13.2 Å². The van der Waals surface area contributed by atoms with E-state index in [0.717, 1.165) is 12.8 Å². The molecule has 116 valence electrons. The van der Waals surface area contributed by atoms with Crippen molar-refractivity contribution < 1.29 is 13.2 Å². The highest BCUT2D eigenvalue weighted by Crippen LogP contribution is 2.33. The molecule has 0 spiro atoms. The number of amides is 1. The Morgan fingerprint density at radius 1 is 1.33 bits per heavy atom. The highest BCUT2D eigenvalue weighted by atomic mass is 32.2. The number of nitrogens with two attached hydrogens (primary N) is 1. The lowest BCUT2D eigenvalue weighted by atomic mass is 10.2. The van der Waals surface area contributed by atoms with Crippen LogP contribution in [0.3, 0.4) is 0 Å². The number of thioether (sulfide) groups is 1. The third-order valence-electron chi connectivity index (χ3n) is 3.57. The van der Waals surface area contributed by atoms with Crippen LogP contribution in [0.15, 0.2) is 4.34 Å². The van der Waals surface area contributed by atoms with Crippen molar-refractivity contribution in [1.29, 1.82) is 0 Å². The largest absolute Gasteiger partial charge is 0.374 e. The SMILES string of the molecule is Nc1nnc(SCC(=O)N(C2CC2)[C@H]2CCS(=O)(=O)C2)s1. The van der Waals surface area contributed by atoms with E-state index in [1.807, 2.05) is 0 Å². The molecule has 1 aromatic rings. The summed E-state index contributed by atoms with van der Waals surface area (Å²) < 4.78 is 23.9. The lowest BCUT2D eigenvalue weighted by molar-refractivity contribution is -0.130. The van der Waals surface area contributed by atoms with E-state index in [4.69, 9.17) is 5.73 Å². The van der Waals surface area contributed by atoms with E-state index in [1.165, 1.54) is 23.1 Å². The highest BCUT2D eigenvalue weighted by Gasteiger charge is 2.41. The monoisotopic (exact) mass is 348 g/mol. The molecule has 0 radical (unpaired) electrons. The van der Waals surface area contributed by atoms with Crippen molar-refractivity contribution in [1.82, 2.24) is 15.1 Å². The van der Waals surface area contributed by atoms with Crippen LogP contribution < -0.4 is 5.73 Å². The van der Waals surface area contributed by atoms with E-state index < -0.39 is 9.84 Å². The molecule has 2 N–H and O–H groups in total. The molecular formula is C11H16N4O3S3. The molecular weight excluding hydrogens is 332 g/mol. The number of sulfone groups is 1. The summed E-state index contributed by atoms with van der Waals surface area (Å²) in [5, 5.41) is 7.95. The van der Waals surface area contributed by atoms with Gasteiger partial charge < -0.3 is 10.6 Å². The fourth-order valence-electron chi connectivity index (χ4n) is 2.53. The summed E-state index contributed by atoms with van der Waals surface area (Å²) >= 11 is 2.56. The Hall–Kier alpha value is -0.870. The standard InChI is InChI=1S/C11H16N4O3S3/c12-10-13-14-11(20-10)19-5-9(16)15(7-1-2-7)8-3-4-21(17,18)6-8/h7-8H,1-6H2,(H2,12,13)/t8-/m0/s1. The van der Waals surface area contributed by atoms with Crippen molar-refractivity contribution in [3.8, 4) is 0 Å². The van der Waals surface area contributed by atoms with Crippen molar-refractivity contribution in [3.63, 3.8) is 0 Å². The highest BCUT2D eigenvalue weighted by molar-refractivity contribution is 8.01. The summed E-state index contributed by atoms with van der Waals surface area (Å²) in [7, 11) is -2.98. The van der Waals surface area contributed by atoms with E-state index in [1.54, 1.807) is 4.90 Å². The third kappa shape index (κ3) is 3.67. The number of anilines is 1. The van der Waals surface area contributed by atoms with E-state index >= 15 is 0 Å². The first-order valence-electron chi connectivity index (χ1n) is 6.68. The molecule has 0 bridgehead atoms. The molecule has 1 aliphatic carbocycles. The van der Waals surface area contributed by atoms with Gasteiger partial charge in [-0.1, -0.05) is 23.1 Å².